The van der Waals surface area contributed by atoms with Crippen molar-refractivity contribution >= 4 is 17.7 Å². The average Bonchev–Trinajstić information content (AvgIpc) is 2.84. The van der Waals surface area contributed by atoms with Crippen LogP contribution >= 0.6 is 0 Å². The van der Waals surface area contributed by atoms with Gasteiger partial charge in [-0.1, -0.05) is 0 Å². The molecule has 0 unspecified atom stereocenters. The van der Waals surface area contributed by atoms with Crippen LogP contribution in [0.4, 0.5) is 17.6 Å². The number of carbonyl (C=O) groups is 2. The van der Waals surface area contributed by atoms with Crippen molar-refractivity contribution in [3.63, 3.8) is 0 Å². The van der Waals surface area contributed by atoms with Crippen LogP contribution in [0.15, 0.2) is 28.3 Å². The number of carbonyl (C=O) groups excluding carboxylic acids is 2. The van der Waals surface area contributed by atoms with Gasteiger partial charge >= 0.3 is 0 Å². The Bertz CT molecular complexity index is 1320. The summed E-state index contributed by atoms with van der Waals surface area (Å²) in [7, 11) is 1.16. The normalized spacial score (nSPS) is 22.9. The third-order valence-electron chi connectivity index (χ3n) is 6.29. The maximum absolute atomic E-state index is 15.6. The first-order valence-corrected chi connectivity index (χ1v) is 11.1. The number of ether oxygens (including phenoxy) is 1. The number of nitrogens with one attached hydrogen (secondary N) is 1. The number of hydrogen-bond acceptors (Lipinski definition) is 7. The van der Waals surface area contributed by atoms with Gasteiger partial charge < -0.3 is 29.5 Å². The Morgan fingerprint density at radius 2 is 1.95 bits per heavy atom. The van der Waals surface area contributed by atoms with E-state index in [1.165, 1.54) is 4.90 Å². The van der Waals surface area contributed by atoms with Crippen LogP contribution in [0, 0.1) is 17.5 Å². The quantitative estimate of drug-likeness (QED) is 0.590. The van der Waals surface area contributed by atoms with Gasteiger partial charge in [-0.3, -0.25) is 14.4 Å². The van der Waals surface area contributed by atoms with Crippen LogP contribution in [0.25, 0.3) is 0 Å². The lowest BCUT2D eigenvalue weighted by atomic mass is 10.0. The molecule has 0 aliphatic carbocycles. The van der Waals surface area contributed by atoms with Gasteiger partial charge in [-0.2, -0.15) is 0 Å². The third-order valence-corrected chi connectivity index (χ3v) is 6.29. The average molecular weight is 526 g/mol. The highest BCUT2D eigenvalue weighted by molar-refractivity contribution is 5.99. The molecule has 0 spiro atoms. The summed E-state index contributed by atoms with van der Waals surface area (Å²) >= 11 is 0. The van der Waals surface area contributed by atoms with E-state index in [0.717, 1.165) is 17.9 Å². The minimum absolute atomic E-state index is 0.0440. The standard InChI is InChI=1S/C23H22F4N4O6/c1-10-3-4-37-29-22(36-2)17(27)16-9-30(10)23(35)18-20(33)19(32)13(8-31(16)18)21(34)28-7-12-14(25)5-11(24)6-15(12)26/h5-6,8,10,16-17,33H,3-4,7,9H2,1-2H3,(H,28,34)/b29-22+/t10-,16+,17-/m0/s1. The van der Waals surface area contributed by atoms with Gasteiger partial charge in [0.05, 0.1) is 13.2 Å². The van der Waals surface area contributed by atoms with Gasteiger partial charge in [0.25, 0.3) is 17.7 Å². The van der Waals surface area contributed by atoms with Crippen molar-refractivity contribution in [3.05, 3.63) is 62.8 Å². The fourth-order valence-corrected chi connectivity index (χ4v) is 4.23. The van der Waals surface area contributed by atoms with E-state index in [9.17, 15) is 32.7 Å². The second-order valence-electron chi connectivity index (χ2n) is 8.54. The first kappa shape index (κ1) is 26.0. The largest absolute Gasteiger partial charge is 0.503 e. The highest BCUT2D eigenvalue weighted by Crippen LogP contribution is 2.32. The van der Waals surface area contributed by atoms with Crippen molar-refractivity contribution in [2.75, 3.05) is 20.3 Å². The maximum Gasteiger partial charge on any atom is 0.274 e. The molecule has 0 radical (unpaired) electrons. The second-order valence-corrected chi connectivity index (χ2v) is 8.54. The van der Waals surface area contributed by atoms with Crippen molar-refractivity contribution in [2.24, 2.45) is 5.16 Å². The topological polar surface area (TPSA) is 122 Å². The van der Waals surface area contributed by atoms with Crippen molar-refractivity contribution in [3.8, 4) is 5.75 Å². The molecule has 3 atom stereocenters. The zero-order chi connectivity index (χ0) is 27.0. The maximum atomic E-state index is 15.6. The zero-order valence-electron chi connectivity index (χ0n) is 19.6. The molecule has 1 aromatic heterocycles. The minimum Gasteiger partial charge on any atom is -0.503 e. The number of hydrogen-bond donors (Lipinski definition) is 2. The fourth-order valence-electron chi connectivity index (χ4n) is 4.23. The lowest BCUT2D eigenvalue weighted by Crippen LogP contribution is -2.52. The van der Waals surface area contributed by atoms with Gasteiger partial charge in [0.2, 0.25) is 11.6 Å². The van der Waals surface area contributed by atoms with Crippen LogP contribution in [0.3, 0.4) is 0 Å². The molecule has 14 heteroatoms. The predicted molar refractivity (Wildman–Crippen MR) is 119 cm³/mol. The Kier molecular flexibility index (Phi) is 7.09. The second kappa shape index (κ2) is 10.1. The number of halogens is 4. The van der Waals surface area contributed by atoms with E-state index < -0.39 is 88.0 Å². The van der Waals surface area contributed by atoms with Gasteiger partial charge in [0.1, 0.15) is 29.6 Å². The summed E-state index contributed by atoms with van der Waals surface area (Å²) in [6, 6.07) is -0.932. The van der Waals surface area contributed by atoms with Crippen molar-refractivity contribution in [1.29, 1.82) is 0 Å². The molecule has 1 aromatic carbocycles. The summed E-state index contributed by atoms with van der Waals surface area (Å²) in [6.45, 7) is 0.735. The highest BCUT2D eigenvalue weighted by atomic mass is 19.1. The summed E-state index contributed by atoms with van der Waals surface area (Å²) in [5.41, 5.74) is -3.19. The number of oxime groups is 1. The molecule has 198 valence electrons. The third kappa shape index (κ3) is 4.70. The number of aromatic nitrogens is 1. The molecule has 0 fully saturated rings. The first-order valence-electron chi connectivity index (χ1n) is 11.1. The van der Waals surface area contributed by atoms with Gasteiger partial charge in [-0.15, -0.1) is 0 Å². The van der Waals surface area contributed by atoms with E-state index in [-0.39, 0.29) is 13.2 Å². The molecule has 2 N–H and O–H groups in total. The lowest BCUT2D eigenvalue weighted by molar-refractivity contribution is 0.0404. The fraction of sp³-hybridized carbons (Fsp3) is 0.391. The molecule has 0 saturated carbocycles. The minimum atomic E-state index is -2.02. The molecule has 3 heterocycles. The molecular formula is C23H22F4N4O6. The number of alkyl halides is 1. The van der Waals surface area contributed by atoms with E-state index in [0.29, 0.717) is 18.6 Å². The molecule has 10 nitrogen and oxygen atoms in total. The summed E-state index contributed by atoms with van der Waals surface area (Å²) in [5.74, 6) is -7.21. The van der Waals surface area contributed by atoms with E-state index in [1.54, 1.807) is 6.92 Å². The van der Waals surface area contributed by atoms with E-state index in [4.69, 9.17) is 9.57 Å². The Labute approximate surface area is 207 Å². The Morgan fingerprint density at radius 1 is 1.27 bits per heavy atom. The number of aromatic hydroxyl groups is 1. The molecule has 2 aliphatic heterocycles. The van der Waals surface area contributed by atoms with Crippen LogP contribution in [-0.4, -0.2) is 64.8 Å². The summed E-state index contributed by atoms with van der Waals surface area (Å²) < 4.78 is 62.5. The van der Waals surface area contributed by atoms with E-state index >= 15 is 4.39 Å². The van der Waals surface area contributed by atoms with Crippen LogP contribution in [-0.2, 0) is 16.1 Å². The van der Waals surface area contributed by atoms with Crippen LogP contribution < -0.4 is 10.7 Å². The van der Waals surface area contributed by atoms with Gasteiger partial charge in [-0.25, -0.2) is 17.6 Å². The van der Waals surface area contributed by atoms with Crippen molar-refractivity contribution in [2.45, 2.75) is 38.1 Å². The van der Waals surface area contributed by atoms with Gasteiger partial charge in [0, 0.05) is 49.4 Å². The Hall–Kier alpha value is -4.10. The van der Waals surface area contributed by atoms with Crippen molar-refractivity contribution in [1.82, 2.24) is 14.8 Å². The Morgan fingerprint density at radius 3 is 2.59 bits per heavy atom. The SMILES string of the molecule is CO/C1=N/OCC[C@H](C)N2C[C@H]([C@@H]1F)n1cc(C(=O)NCc3c(F)cc(F)cc3F)c(=O)c(O)c1C2=O. The molecule has 2 aliphatic rings. The summed E-state index contributed by atoms with van der Waals surface area (Å²) in [4.78, 5) is 45.2. The Balaban J connectivity index is 1.76. The molecule has 0 saturated heterocycles. The number of methoxy groups -OCH3 is 1. The molecular weight excluding hydrogens is 504 g/mol. The van der Waals surface area contributed by atoms with Crippen LogP contribution in [0.1, 0.15) is 45.8 Å². The highest BCUT2D eigenvalue weighted by Gasteiger charge is 2.43. The van der Waals surface area contributed by atoms with Crippen LogP contribution in [0.5, 0.6) is 5.75 Å². The van der Waals surface area contributed by atoms with E-state index in [2.05, 4.69) is 10.5 Å². The van der Waals surface area contributed by atoms with E-state index in [1.807, 2.05) is 0 Å². The zero-order valence-corrected chi connectivity index (χ0v) is 19.6. The number of pyridine rings is 1. The van der Waals surface area contributed by atoms with Gasteiger partial charge in [0.15, 0.2) is 11.4 Å². The lowest BCUT2D eigenvalue weighted by Gasteiger charge is -2.40. The smallest absolute Gasteiger partial charge is 0.274 e. The number of nitrogens with zero attached hydrogens (tertiary/aromatic N) is 3. The number of amides is 2. The monoisotopic (exact) mass is 526 g/mol. The number of rotatable bonds is 3. The summed E-state index contributed by atoms with van der Waals surface area (Å²) in [6.07, 6.45) is -0.844. The van der Waals surface area contributed by atoms with Gasteiger partial charge in [-0.05, 0) is 12.1 Å². The first-order chi connectivity index (χ1) is 17.5. The van der Waals surface area contributed by atoms with Crippen LogP contribution in [0.2, 0.25) is 0 Å². The molecule has 2 bridgehead atoms. The molecule has 37 heavy (non-hydrogen) atoms. The molecule has 2 aromatic rings. The number of fused-ring (bicyclic) bond motifs is 4. The van der Waals surface area contributed by atoms with Crippen molar-refractivity contribution < 1.29 is 41.8 Å². The molecule has 4 rings (SSSR count). The number of benzene rings is 1. The molecule has 2 amide bonds. The predicted octanol–water partition coefficient (Wildman–Crippen LogP) is 2.00. The summed E-state index contributed by atoms with van der Waals surface area (Å²) in [5, 5.41) is 16.4.